The summed E-state index contributed by atoms with van der Waals surface area (Å²) in [4.78, 5) is 29.7. The minimum atomic E-state index is -1.02. The van der Waals surface area contributed by atoms with Crippen molar-refractivity contribution in [3.05, 3.63) is 67.8 Å². The van der Waals surface area contributed by atoms with E-state index in [1.54, 1.807) is 0 Å². The first kappa shape index (κ1) is 22.6. The molecule has 0 saturated heterocycles. The van der Waals surface area contributed by atoms with Crippen LogP contribution in [0.2, 0.25) is 0 Å². The zero-order chi connectivity index (χ0) is 21.6. The number of allylic oxidation sites excluding steroid dienone is 1. The van der Waals surface area contributed by atoms with Gasteiger partial charge in [0.25, 0.3) is 10.2 Å². The van der Waals surface area contributed by atoms with E-state index in [-0.39, 0.29) is 12.3 Å². The molecule has 0 aliphatic heterocycles. The first-order valence-corrected chi connectivity index (χ1v) is 9.71. The molecule has 4 unspecified atom stereocenters. The summed E-state index contributed by atoms with van der Waals surface area (Å²) in [6.07, 6.45) is 2.60. The van der Waals surface area contributed by atoms with Gasteiger partial charge in [-0.15, -0.1) is 20.2 Å². The SMILES string of the molecule is C=C1CC(C)CC(C(C)(N)c2cccc(CCC(CO[N+](=O)[O-])O[N+](=O)[O-])c2)C1. The van der Waals surface area contributed by atoms with Crippen molar-refractivity contribution in [3.63, 3.8) is 0 Å². The minimum Gasteiger partial charge on any atom is -0.321 e. The molecular formula is C20H29N3O6. The summed E-state index contributed by atoms with van der Waals surface area (Å²) >= 11 is 0. The van der Waals surface area contributed by atoms with Gasteiger partial charge in [0.1, 0.15) is 12.7 Å². The Hall–Kier alpha value is -2.68. The highest BCUT2D eigenvalue weighted by Gasteiger charge is 2.35. The van der Waals surface area contributed by atoms with Crippen molar-refractivity contribution < 1.29 is 19.8 Å². The average Bonchev–Trinajstić information content (AvgIpc) is 2.63. The highest BCUT2D eigenvalue weighted by molar-refractivity contribution is 5.30. The molecule has 160 valence electrons. The van der Waals surface area contributed by atoms with Gasteiger partial charge in [-0.25, -0.2) is 0 Å². The Morgan fingerprint density at radius 2 is 2.03 bits per heavy atom. The lowest BCUT2D eigenvalue weighted by atomic mass is 9.68. The molecule has 0 radical (unpaired) electrons. The summed E-state index contributed by atoms with van der Waals surface area (Å²) in [6, 6.07) is 7.80. The Morgan fingerprint density at radius 1 is 1.31 bits per heavy atom. The van der Waals surface area contributed by atoms with Gasteiger partial charge in [0.15, 0.2) is 0 Å². The zero-order valence-corrected chi connectivity index (χ0v) is 16.9. The third kappa shape index (κ3) is 6.70. The maximum atomic E-state index is 10.6. The summed E-state index contributed by atoms with van der Waals surface area (Å²) in [7, 11) is 0. The molecule has 9 nitrogen and oxygen atoms in total. The molecule has 4 atom stereocenters. The molecule has 1 aromatic rings. The number of hydrogen-bond donors (Lipinski definition) is 1. The number of aryl methyl sites for hydroxylation is 1. The number of nitrogens with two attached hydrogens (primary N) is 1. The van der Waals surface area contributed by atoms with Crippen LogP contribution in [0.25, 0.3) is 0 Å². The molecule has 1 saturated carbocycles. The highest BCUT2D eigenvalue weighted by atomic mass is 17.0. The second-order valence-corrected chi connectivity index (χ2v) is 8.19. The standard InChI is InChI=1S/C20H29N3O6/c1-14-9-15(2)11-18(10-14)20(3,21)17-6-4-5-16(12-17)7-8-19(29-23(26)27)13-28-22(24)25/h4-6,12,15,18-19H,1,7-11,13,21H2,2-3H3. The molecule has 2 N–H and O–H groups in total. The van der Waals surface area contributed by atoms with Crippen molar-refractivity contribution in [2.24, 2.45) is 17.6 Å². The van der Waals surface area contributed by atoms with Crippen LogP contribution in [0.5, 0.6) is 0 Å². The molecule has 0 amide bonds. The van der Waals surface area contributed by atoms with Gasteiger partial charge in [-0.1, -0.05) is 43.3 Å². The molecule has 1 fully saturated rings. The number of hydrogen-bond acceptors (Lipinski definition) is 7. The molecule has 9 heteroatoms. The van der Waals surface area contributed by atoms with Crippen LogP contribution in [0.3, 0.4) is 0 Å². The van der Waals surface area contributed by atoms with Crippen LogP contribution in [-0.4, -0.2) is 22.9 Å². The molecule has 0 heterocycles. The Balaban J connectivity index is 2.08. The lowest BCUT2D eigenvalue weighted by Crippen LogP contribution is -2.43. The fourth-order valence-electron chi connectivity index (χ4n) is 4.09. The third-order valence-corrected chi connectivity index (χ3v) is 5.61. The Labute approximate surface area is 170 Å². The van der Waals surface area contributed by atoms with E-state index >= 15 is 0 Å². The Bertz CT molecular complexity index is 751. The van der Waals surface area contributed by atoms with E-state index in [1.807, 2.05) is 31.2 Å². The van der Waals surface area contributed by atoms with Crippen LogP contribution in [-0.2, 0) is 21.6 Å². The molecule has 0 spiro atoms. The van der Waals surface area contributed by atoms with E-state index < -0.39 is 28.4 Å². The first-order valence-electron chi connectivity index (χ1n) is 9.71. The summed E-state index contributed by atoms with van der Waals surface area (Å²) in [5.74, 6) is 0.835. The van der Waals surface area contributed by atoms with E-state index in [0.717, 1.165) is 30.4 Å². The quantitative estimate of drug-likeness (QED) is 0.356. The maximum Gasteiger partial charge on any atom is 0.294 e. The molecule has 2 rings (SSSR count). The predicted octanol–water partition coefficient (Wildman–Crippen LogP) is 3.57. The lowest BCUT2D eigenvalue weighted by molar-refractivity contribution is -0.790. The second kappa shape index (κ2) is 9.69. The van der Waals surface area contributed by atoms with Crippen molar-refractivity contribution >= 4 is 0 Å². The molecule has 0 aromatic heterocycles. The maximum absolute atomic E-state index is 10.6. The molecular weight excluding hydrogens is 378 g/mol. The Kier molecular flexibility index (Phi) is 7.55. The van der Waals surface area contributed by atoms with Crippen molar-refractivity contribution in [1.29, 1.82) is 0 Å². The second-order valence-electron chi connectivity index (χ2n) is 8.19. The van der Waals surface area contributed by atoms with Crippen LogP contribution >= 0.6 is 0 Å². The van der Waals surface area contributed by atoms with Crippen molar-refractivity contribution in [2.45, 2.75) is 57.6 Å². The lowest BCUT2D eigenvalue weighted by Gasteiger charge is -2.40. The highest BCUT2D eigenvalue weighted by Crippen LogP contribution is 2.41. The van der Waals surface area contributed by atoms with E-state index in [4.69, 9.17) is 5.73 Å². The largest absolute Gasteiger partial charge is 0.321 e. The smallest absolute Gasteiger partial charge is 0.294 e. The van der Waals surface area contributed by atoms with Gasteiger partial charge in [0, 0.05) is 5.54 Å². The monoisotopic (exact) mass is 407 g/mol. The number of rotatable bonds is 10. The topological polar surface area (TPSA) is 131 Å². The molecule has 1 aliphatic rings. The number of benzene rings is 1. The van der Waals surface area contributed by atoms with Gasteiger partial charge >= 0.3 is 0 Å². The Morgan fingerprint density at radius 3 is 2.66 bits per heavy atom. The van der Waals surface area contributed by atoms with Crippen molar-refractivity contribution in [3.8, 4) is 0 Å². The van der Waals surface area contributed by atoms with E-state index in [0.29, 0.717) is 12.3 Å². The van der Waals surface area contributed by atoms with Gasteiger partial charge in [-0.05, 0) is 62.0 Å². The normalized spacial score (nSPS) is 22.4. The van der Waals surface area contributed by atoms with E-state index in [2.05, 4.69) is 23.2 Å². The summed E-state index contributed by atoms with van der Waals surface area (Å²) in [5.41, 5.74) is 9.39. The fourth-order valence-corrected chi connectivity index (χ4v) is 4.09. The summed E-state index contributed by atoms with van der Waals surface area (Å²) < 4.78 is 0. The van der Waals surface area contributed by atoms with Gasteiger partial charge in [-0.3, -0.25) is 0 Å². The summed E-state index contributed by atoms with van der Waals surface area (Å²) in [5, 5.41) is 19.0. The molecule has 1 aromatic carbocycles. The van der Waals surface area contributed by atoms with Gasteiger partial charge in [0.05, 0.1) is 0 Å². The van der Waals surface area contributed by atoms with E-state index in [9.17, 15) is 20.2 Å². The van der Waals surface area contributed by atoms with Gasteiger partial charge in [-0.2, -0.15) is 0 Å². The van der Waals surface area contributed by atoms with Crippen LogP contribution < -0.4 is 5.73 Å². The molecule has 29 heavy (non-hydrogen) atoms. The van der Waals surface area contributed by atoms with Gasteiger partial charge < -0.3 is 15.4 Å². The molecule has 1 aliphatic carbocycles. The average molecular weight is 407 g/mol. The van der Waals surface area contributed by atoms with Crippen LogP contribution in [0.15, 0.2) is 36.4 Å². The molecule has 0 bridgehead atoms. The predicted molar refractivity (Wildman–Crippen MR) is 107 cm³/mol. The third-order valence-electron chi connectivity index (χ3n) is 5.61. The zero-order valence-electron chi connectivity index (χ0n) is 16.9. The van der Waals surface area contributed by atoms with E-state index in [1.165, 1.54) is 5.57 Å². The van der Waals surface area contributed by atoms with Crippen LogP contribution in [0.1, 0.15) is 50.7 Å². The summed E-state index contributed by atoms with van der Waals surface area (Å²) in [6.45, 7) is 7.91. The first-order chi connectivity index (χ1) is 13.6. The van der Waals surface area contributed by atoms with Crippen molar-refractivity contribution in [1.82, 2.24) is 0 Å². The van der Waals surface area contributed by atoms with Crippen molar-refractivity contribution in [2.75, 3.05) is 6.61 Å². The van der Waals surface area contributed by atoms with Crippen LogP contribution in [0.4, 0.5) is 0 Å². The number of nitrogens with zero attached hydrogens (tertiary/aromatic N) is 2. The minimum absolute atomic E-state index is 0.205. The fraction of sp³-hybridized carbons (Fsp3) is 0.600. The van der Waals surface area contributed by atoms with Crippen LogP contribution in [0, 0.1) is 32.1 Å². The van der Waals surface area contributed by atoms with Gasteiger partial charge in [0.2, 0.25) is 0 Å².